The van der Waals surface area contributed by atoms with Crippen LogP contribution in [0.15, 0.2) is 4.42 Å². The number of oxazole rings is 1. The fourth-order valence-corrected chi connectivity index (χ4v) is 1.20. The second-order valence-electron chi connectivity index (χ2n) is 3.52. The van der Waals surface area contributed by atoms with Crippen LogP contribution in [-0.2, 0) is 10.3 Å². The third kappa shape index (κ3) is 2.02. The van der Waals surface area contributed by atoms with Gasteiger partial charge in [-0.2, -0.15) is 0 Å². The van der Waals surface area contributed by atoms with Crippen LogP contribution in [0.5, 0.6) is 0 Å². The topological polar surface area (TPSA) is 72.6 Å². The second-order valence-corrected chi connectivity index (χ2v) is 3.52. The zero-order valence-electron chi connectivity index (χ0n) is 9.33. The number of carboxylic acids is 1. The van der Waals surface area contributed by atoms with Crippen LogP contribution >= 0.6 is 0 Å². The van der Waals surface area contributed by atoms with Crippen molar-refractivity contribution in [3.63, 3.8) is 0 Å². The molecule has 1 heterocycles. The zero-order valence-corrected chi connectivity index (χ0v) is 9.33. The van der Waals surface area contributed by atoms with E-state index in [0.717, 1.165) is 0 Å². The number of carbonyl (C=O) groups is 1. The number of nitrogens with zero attached hydrogens (tertiary/aromatic N) is 1. The van der Waals surface area contributed by atoms with Gasteiger partial charge in [0.05, 0.1) is 0 Å². The average molecular weight is 213 g/mol. The summed E-state index contributed by atoms with van der Waals surface area (Å²) in [5.74, 6) is -0.478. The van der Waals surface area contributed by atoms with Gasteiger partial charge in [0.1, 0.15) is 11.4 Å². The van der Waals surface area contributed by atoms with Crippen molar-refractivity contribution in [1.82, 2.24) is 4.98 Å². The van der Waals surface area contributed by atoms with Gasteiger partial charge in [-0.25, -0.2) is 9.78 Å². The molecule has 0 fully saturated rings. The van der Waals surface area contributed by atoms with Crippen molar-refractivity contribution in [2.75, 3.05) is 7.11 Å². The number of rotatable bonds is 4. The molecule has 84 valence electrons. The van der Waals surface area contributed by atoms with Gasteiger partial charge < -0.3 is 14.3 Å². The third-order valence-electron chi connectivity index (χ3n) is 2.58. The Morgan fingerprint density at radius 3 is 2.60 bits per heavy atom. The minimum Gasteiger partial charge on any atom is -0.476 e. The molecule has 5 nitrogen and oxygen atoms in total. The number of ether oxygens (including phenoxy) is 1. The summed E-state index contributed by atoms with van der Waals surface area (Å²) in [5.41, 5.74) is -0.722. The molecule has 1 aromatic heterocycles. The molecule has 0 radical (unpaired) electrons. The lowest BCUT2D eigenvalue weighted by Crippen LogP contribution is -2.23. The Labute approximate surface area is 88.1 Å². The molecule has 0 aliphatic rings. The summed E-state index contributed by atoms with van der Waals surface area (Å²) < 4.78 is 10.6. The SMILES string of the molecule is CCC(C)(OC)c1nc(C(=O)O)c(C)o1. The summed E-state index contributed by atoms with van der Waals surface area (Å²) in [4.78, 5) is 14.7. The predicted molar refractivity (Wildman–Crippen MR) is 52.9 cm³/mol. The summed E-state index contributed by atoms with van der Waals surface area (Å²) in [6, 6.07) is 0. The van der Waals surface area contributed by atoms with Gasteiger partial charge in [-0.3, -0.25) is 0 Å². The monoisotopic (exact) mass is 213 g/mol. The number of hydrogen-bond donors (Lipinski definition) is 1. The van der Waals surface area contributed by atoms with E-state index < -0.39 is 11.6 Å². The van der Waals surface area contributed by atoms with Crippen LogP contribution in [0.25, 0.3) is 0 Å². The normalized spacial score (nSPS) is 14.9. The van der Waals surface area contributed by atoms with Crippen LogP contribution in [-0.4, -0.2) is 23.2 Å². The molecular weight excluding hydrogens is 198 g/mol. The Morgan fingerprint density at radius 2 is 2.27 bits per heavy atom. The first-order valence-corrected chi connectivity index (χ1v) is 4.71. The molecule has 1 rings (SSSR count). The first-order valence-electron chi connectivity index (χ1n) is 4.71. The minimum absolute atomic E-state index is 0.0540. The van der Waals surface area contributed by atoms with Crippen molar-refractivity contribution in [3.05, 3.63) is 17.3 Å². The highest BCUT2D eigenvalue weighted by Crippen LogP contribution is 2.28. The Kier molecular flexibility index (Phi) is 3.14. The highest BCUT2D eigenvalue weighted by atomic mass is 16.5. The van der Waals surface area contributed by atoms with E-state index in [9.17, 15) is 4.79 Å². The quantitative estimate of drug-likeness (QED) is 0.827. The Balaban J connectivity index is 3.17. The number of aryl methyl sites for hydroxylation is 1. The van der Waals surface area contributed by atoms with E-state index >= 15 is 0 Å². The maximum Gasteiger partial charge on any atom is 0.358 e. The first-order chi connectivity index (χ1) is 6.94. The van der Waals surface area contributed by atoms with E-state index in [0.29, 0.717) is 18.1 Å². The van der Waals surface area contributed by atoms with Crippen molar-refractivity contribution < 1.29 is 19.1 Å². The van der Waals surface area contributed by atoms with E-state index in [1.165, 1.54) is 0 Å². The van der Waals surface area contributed by atoms with Crippen LogP contribution in [0, 0.1) is 6.92 Å². The number of methoxy groups -OCH3 is 1. The summed E-state index contributed by atoms with van der Waals surface area (Å²) in [6.07, 6.45) is 0.655. The van der Waals surface area contributed by atoms with Crippen LogP contribution < -0.4 is 0 Å². The Hall–Kier alpha value is -1.36. The van der Waals surface area contributed by atoms with E-state index in [2.05, 4.69) is 4.98 Å². The molecule has 0 aromatic carbocycles. The van der Waals surface area contributed by atoms with Crippen molar-refractivity contribution in [2.24, 2.45) is 0 Å². The van der Waals surface area contributed by atoms with Gasteiger partial charge in [0.2, 0.25) is 5.89 Å². The smallest absolute Gasteiger partial charge is 0.358 e. The first kappa shape index (κ1) is 11.7. The minimum atomic E-state index is -1.09. The molecule has 1 atom stereocenters. The fourth-order valence-electron chi connectivity index (χ4n) is 1.20. The van der Waals surface area contributed by atoms with Crippen molar-refractivity contribution in [3.8, 4) is 0 Å². The van der Waals surface area contributed by atoms with Gasteiger partial charge in [0, 0.05) is 7.11 Å². The molecule has 0 bridgehead atoms. The highest BCUT2D eigenvalue weighted by molar-refractivity contribution is 5.86. The largest absolute Gasteiger partial charge is 0.476 e. The third-order valence-corrected chi connectivity index (χ3v) is 2.58. The summed E-state index contributed by atoms with van der Waals surface area (Å²) >= 11 is 0. The van der Waals surface area contributed by atoms with Gasteiger partial charge >= 0.3 is 5.97 Å². The van der Waals surface area contributed by atoms with Gasteiger partial charge in [0.15, 0.2) is 5.69 Å². The van der Waals surface area contributed by atoms with Crippen molar-refractivity contribution in [1.29, 1.82) is 0 Å². The molecule has 0 saturated heterocycles. The number of aromatic nitrogens is 1. The van der Waals surface area contributed by atoms with Gasteiger partial charge in [-0.15, -0.1) is 0 Å². The Bertz CT molecular complexity index is 365. The molecule has 0 aliphatic heterocycles. The molecule has 15 heavy (non-hydrogen) atoms. The van der Waals surface area contributed by atoms with Crippen LogP contribution in [0.4, 0.5) is 0 Å². The van der Waals surface area contributed by atoms with Crippen LogP contribution in [0.3, 0.4) is 0 Å². The maximum atomic E-state index is 10.8. The van der Waals surface area contributed by atoms with E-state index in [-0.39, 0.29) is 5.69 Å². The molecule has 1 aromatic rings. The van der Waals surface area contributed by atoms with Crippen LogP contribution in [0.1, 0.15) is 42.4 Å². The summed E-state index contributed by atoms with van der Waals surface area (Å²) in [7, 11) is 1.55. The highest BCUT2D eigenvalue weighted by Gasteiger charge is 2.32. The molecule has 0 amide bonds. The summed E-state index contributed by atoms with van der Waals surface area (Å²) in [5, 5.41) is 8.83. The van der Waals surface area contributed by atoms with E-state index in [4.69, 9.17) is 14.3 Å². The molecule has 0 spiro atoms. The van der Waals surface area contributed by atoms with Crippen LogP contribution in [0.2, 0.25) is 0 Å². The maximum absolute atomic E-state index is 10.8. The van der Waals surface area contributed by atoms with Crippen molar-refractivity contribution >= 4 is 5.97 Å². The Morgan fingerprint density at radius 1 is 1.67 bits per heavy atom. The molecule has 0 saturated carbocycles. The van der Waals surface area contributed by atoms with Gasteiger partial charge in [0.25, 0.3) is 0 Å². The zero-order chi connectivity index (χ0) is 11.6. The lowest BCUT2D eigenvalue weighted by atomic mass is 10.0. The standard InChI is InChI=1S/C10H15NO4/c1-5-10(3,14-4)9-11-7(8(12)13)6(2)15-9/h5H2,1-4H3,(H,12,13). The molecule has 0 aliphatic carbocycles. The van der Waals surface area contributed by atoms with Crippen molar-refractivity contribution in [2.45, 2.75) is 32.8 Å². The number of carboxylic acid groups (broad SMARTS) is 1. The molecular formula is C10H15NO4. The lowest BCUT2D eigenvalue weighted by molar-refractivity contribution is -0.0239. The molecule has 5 heteroatoms. The molecule has 1 unspecified atom stereocenters. The average Bonchev–Trinajstić information content (AvgIpc) is 2.59. The number of aromatic carboxylic acids is 1. The van der Waals surface area contributed by atoms with E-state index in [1.807, 2.05) is 13.8 Å². The second kappa shape index (κ2) is 4.02. The van der Waals surface area contributed by atoms with Gasteiger partial charge in [-0.05, 0) is 20.3 Å². The number of hydrogen-bond acceptors (Lipinski definition) is 4. The van der Waals surface area contributed by atoms with Gasteiger partial charge in [-0.1, -0.05) is 6.92 Å². The summed E-state index contributed by atoms with van der Waals surface area (Å²) in [6.45, 7) is 5.30. The lowest BCUT2D eigenvalue weighted by Gasteiger charge is -2.22. The predicted octanol–water partition coefficient (Wildman–Crippen LogP) is 1.95. The molecule has 1 N–H and O–H groups in total. The van der Waals surface area contributed by atoms with E-state index in [1.54, 1.807) is 14.0 Å². The fraction of sp³-hybridized carbons (Fsp3) is 0.600.